The number of hydrogen-bond donors (Lipinski definition) is 0. The molecule has 0 unspecified atom stereocenters. The van der Waals surface area contributed by atoms with Gasteiger partial charge < -0.3 is 4.74 Å². The summed E-state index contributed by atoms with van der Waals surface area (Å²) in [4.78, 5) is 9.56. The summed E-state index contributed by atoms with van der Waals surface area (Å²) in [5.74, 6) is 2.29. The first kappa shape index (κ1) is 31.6. The number of benzene rings is 4. The largest absolute Gasteiger partial charge is 0.439 e. The summed E-state index contributed by atoms with van der Waals surface area (Å²) >= 11 is 0. The lowest BCUT2D eigenvalue weighted by molar-refractivity contribution is 0.456. The maximum atomic E-state index is 6.50. The normalized spacial score (nSPS) is 12.7. The van der Waals surface area contributed by atoms with Crippen molar-refractivity contribution in [3.8, 4) is 28.6 Å². The van der Waals surface area contributed by atoms with Crippen LogP contribution in [0.3, 0.4) is 0 Å². The molecule has 0 spiro atoms. The van der Waals surface area contributed by atoms with Gasteiger partial charge in [-0.05, 0) is 91.9 Å². The highest BCUT2D eigenvalue weighted by atomic mass is 16.5. The average molecular weight is 632 g/mol. The minimum atomic E-state index is -0.0772. The number of fused-ring (bicyclic) bond motifs is 4. The van der Waals surface area contributed by atoms with Crippen LogP contribution in [0.15, 0.2) is 109 Å². The SMILES string of the molecule is CC(C)(C)c1cc(Oc2cc(C(C)(C)C)ccn2)cc(-c2ccc3c4cc(C(C)(C)C)ccc4n(-c4cc5ccccc5cn4)c3c2)c1. The van der Waals surface area contributed by atoms with E-state index in [-0.39, 0.29) is 16.2 Å². The number of rotatable bonds is 4. The van der Waals surface area contributed by atoms with Gasteiger partial charge in [-0.1, -0.05) is 111 Å². The zero-order valence-corrected chi connectivity index (χ0v) is 29.6. The fraction of sp³-hybridized carbons (Fsp3) is 0.273. The van der Waals surface area contributed by atoms with E-state index in [1.165, 1.54) is 32.8 Å². The van der Waals surface area contributed by atoms with Crippen LogP contribution in [-0.4, -0.2) is 14.5 Å². The molecule has 4 heteroatoms. The Bertz CT molecular complexity index is 2320. The van der Waals surface area contributed by atoms with Crippen LogP contribution in [0.25, 0.3) is 49.5 Å². The third-order valence-corrected chi connectivity index (χ3v) is 9.41. The molecule has 4 nitrogen and oxygen atoms in total. The molecular weight excluding hydrogens is 587 g/mol. The van der Waals surface area contributed by atoms with Crippen LogP contribution >= 0.6 is 0 Å². The minimum Gasteiger partial charge on any atom is -0.439 e. The predicted octanol–water partition coefficient (Wildman–Crippen LogP) is 12.1. The van der Waals surface area contributed by atoms with Crippen LogP contribution in [0.4, 0.5) is 0 Å². The highest BCUT2D eigenvalue weighted by Crippen LogP contribution is 2.39. The third-order valence-electron chi connectivity index (χ3n) is 9.41. The maximum absolute atomic E-state index is 6.50. The van der Waals surface area contributed by atoms with Gasteiger partial charge in [0.1, 0.15) is 11.6 Å². The average Bonchev–Trinajstić information content (AvgIpc) is 3.36. The van der Waals surface area contributed by atoms with Gasteiger partial charge in [-0.2, -0.15) is 0 Å². The first-order chi connectivity index (χ1) is 22.6. The lowest BCUT2D eigenvalue weighted by Gasteiger charge is -2.22. The van der Waals surface area contributed by atoms with Crippen molar-refractivity contribution in [3.63, 3.8) is 0 Å². The smallest absolute Gasteiger partial charge is 0.219 e. The number of aromatic nitrogens is 3. The second kappa shape index (κ2) is 11.3. The summed E-state index contributed by atoms with van der Waals surface area (Å²) in [5.41, 5.74) is 8.16. The van der Waals surface area contributed by atoms with E-state index in [0.29, 0.717) is 5.88 Å². The van der Waals surface area contributed by atoms with Crippen LogP contribution in [0, 0.1) is 0 Å². The molecule has 0 amide bonds. The van der Waals surface area contributed by atoms with Crippen molar-refractivity contribution in [1.29, 1.82) is 0 Å². The van der Waals surface area contributed by atoms with E-state index in [0.717, 1.165) is 39.1 Å². The Labute approximate surface area is 284 Å². The monoisotopic (exact) mass is 631 g/mol. The van der Waals surface area contributed by atoms with Crippen molar-refractivity contribution >= 4 is 32.6 Å². The van der Waals surface area contributed by atoms with Gasteiger partial charge in [0.25, 0.3) is 0 Å². The quantitative estimate of drug-likeness (QED) is 0.194. The van der Waals surface area contributed by atoms with Crippen molar-refractivity contribution in [3.05, 3.63) is 126 Å². The summed E-state index contributed by atoms with van der Waals surface area (Å²) in [5, 5.41) is 4.74. The van der Waals surface area contributed by atoms with Crippen molar-refractivity contribution < 1.29 is 4.74 Å². The molecular formula is C44H45N3O. The van der Waals surface area contributed by atoms with Gasteiger partial charge in [0.05, 0.1) is 11.0 Å². The van der Waals surface area contributed by atoms with Crippen LogP contribution in [0.2, 0.25) is 0 Å². The minimum absolute atomic E-state index is 0.000873. The molecule has 0 aliphatic rings. The van der Waals surface area contributed by atoms with Gasteiger partial charge in [-0.25, -0.2) is 9.97 Å². The predicted molar refractivity (Wildman–Crippen MR) is 202 cm³/mol. The summed E-state index contributed by atoms with van der Waals surface area (Å²) < 4.78 is 8.82. The summed E-state index contributed by atoms with van der Waals surface area (Å²) in [6, 6.07) is 35.0. The van der Waals surface area contributed by atoms with E-state index in [9.17, 15) is 0 Å². The standard InChI is InChI=1S/C44H45N3O/c1-42(2,3)32-15-17-38-37(25-32)36-16-14-29(22-39(36)47(38)40-23-28-12-10-11-13-30(28)27-46-40)31-20-34(44(7,8)9)24-35(21-31)48-41-26-33(18-19-45-41)43(4,5)6/h10-27H,1-9H3. The molecule has 242 valence electrons. The van der Waals surface area contributed by atoms with E-state index in [4.69, 9.17) is 9.72 Å². The Kier molecular flexibility index (Phi) is 7.47. The zero-order valence-electron chi connectivity index (χ0n) is 29.6. The van der Waals surface area contributed by atoms with Crippen molar-refractivity contribution in [2.45, 2.75) is 78.6 Å². The lowest BCUT2D eigenvalue weighted by Crippen LogP contribution is -2.12. The number of ether oxygens (including phenoxy) is 1. The molecule has 4 aromatic carbocycles. The molecule has 0 saturated carbocycles. The van der Waals surface area contributed by atoms with Crippen LogP contribution < -0.4 is 4.74 Å². The van der Waals surface area contributed by atoms with Gasteiger partial charge in [-0.15, -0.1) is 0 Å². The molecule has 3 aromatic heterocycles. The van der Waals surface area contributed by atoms with Crippen molar-refractivity contribution in [1.82, 2.24) is 14.5 Å². The van der Waals surface area contributed by atoms with Gasteiger partial charge in [0.2, 0.25) is 5.88 Å². The van der Waals surface area contributed by atoms with E-state index in [1.807, 2.05) is 12.4 Å². The molecule has 0 atom stereocenters. The Hall–Kier alpha value is -4.96. The molecule has 7 rings (SSSR count). The fourth-order valence-corrected chi connectivity index (χ4v) is 6.42. The molecule has 0 bridgehead atoms. The second-order valence-corrected chi connectivity index (χ2v) is 16.2. The Morgan fingerprint density at radius 1 is 0.521 bits per heavy atom. The molecule has 0 fully saturated rings. The number of nitrogens with zero attached hydrogens (tertiary/aromatic N) is 3. The van der Waals surface area contributed by atoms with Crippen LogP contribution in [0.5, 0.6) is 11.6 Å². The maximum Gasteiger partial charge on any atom is 0.219 e. The van der Waals surface area contributed by atoms with Gasteiger partial charge >= 0.3 is 0 Å². The molecule has 0 saturated heterocycles. The van der Waals surface area contributed by atoms with Gasteiger partial charge in [0, 0.05) is 34.6 Å². The van der Waals surface area contributed by atoms with Crippen molar-refractivity contribution in [2.75, 3.05) is 0 Å². The summed E-state index contributed by atoms with van der Waals surface area (Å²) in [6.07, 6.45) is 3.82. The Balaban J connectivity index is 1.43. The molecule has 48 heavy (non-hydrogen) atoms. The summed E-state index contributed by atoms with van der Waals surface area (Å²) in [6.45, 7) is 20.2. The van der Waals surface area contributed by atoms with Crippen molar-refractivity contribution in [2.24, 2.45) is 0 Å². The lowest BCUT2D eigenvalue weighted by atomic mass is 9.85. The molecule has 0 N–H and O–H groups in total. The highest BCUT2D eigenvalue weighted by molar-refractivity contribution is 6.10. The van der Waals surface area contributed by atoms with Gasteiger partial charge in [0.15, 0.2) is 0 Å². The molecule has 0 aliphatic carbocycles. The first-order valence-corrected chi connectivity index (χ1v) is 16.9. The summed E-state index contributed by atoms with van der Waals surface area (Å²) in [7, 11) is 0. The van der Waals surface area contributed by atoms with Gasteiger partial charge in [-0.3, -0.25) is 4.57 Å². The van der Waals surface area contributed by atoms with E-state index in [2.05, 4.69) is 169 Å². The zero-order chi connectivity index (χ0) is 34.0. The molecule has 3 heterocycles. The molecule has 7 aromatic rings. The van der Waals surface area contributed by atoms with E-state index >= 15 is 0 Å². The molecule has 0 aliphatic heterocycles. The first-order valence-electron chi connectivity index (χ1n) is 16.9. The number of hydrogen-bond acceptors (Lipinski definition) is 3. The number of pyridine rings is 2. The van der Waals surface area contributed by atoms with Crippen LogP contribution in [0.1, 0.15) is 79.0 Å². The van der Waals surface area contributed by atoms with E-state index < -0.39 is 0 Å². The third kappa shape index (κ3) is 5.96. The Morgan fingerprint density at radius 3 is 1.96 bits per heavy atom. The highest BCUT2D eigenvalue weighted by Gasteiger charge is 2.21. The second-order valence-electron chi connectivity index (χ2n) is 16.2. The fourth-order valence-electron chi connectivity index (χ4n) is 6.42. The van der Waals surface area contributed by atoms with Crippen LogP contribution in [-0.2, 0) is 16.2 Å². The topological polar surface area (TPSA) is 39.9 Å². The molecule has 0 radical (unpaired) electrons. The Morgan fingerprint density at radius 2 is 1.23 bits per heavy atom. The van der Waals surface area contributed by atoms with E-state index in [1.54, 1.807) is 0 Å².